The van der Waals surface area contributed by atoms with Crippen LogP contribution in [0.15, 0.2) is 198 Å². The van der Waals surface area contributed by atoms with Crippen molar-refractivity contribution in [3.63, 3.8) is 0 Å². The summed E-state index contributed by atoms with van der Waals surface area (Å²) >= 11 is 0. The summed E-state index contributed by atoms with van der Waals surface area (Å²) in [6, 6.07) is 42.7. The van der Waals surface area contributed by atoms with Crippen molar-refractivity contribution in [1.82, 2.24) is 19.5 Å². The van der Waals surface area contributed by atoms with E-state index in [2.05, 4.69) is 0 Å². The molecule has 0 N–H and O–H groups in total. The fourth-order valence-corrected chi connectivity index (χ4v) is 7.52. The topological polar surface area (TPSA) is 56.7 Å². The Kier molecular flexibility index (Phi) is 5.74. The molecule has 11 rings (SSSR count). The molecule has 0 bridgehead atoms. The molecule has 8 aromatic carbocycles. The Morgan fingerprint density at radius 2 is 0.929 bits per heavy atom. The summed E-state index contributed by atoms with van der Waals surface area (Å²) in [6.07, 6.45) is 0. The van der Waals surface area contributed by atoms with Gasteiger partial charge in [0.15, 0.2) is 17.5 Å². The number of para-hydroxylation sites is 4. The molecule has 262 valence electrons. The van der Waals surface area contributed by atoms with E-state index in [1.165, 1.54) is 0 Å². The van der Waals surface area contributed by atoms with Crippen molar-refractivity contribution in [3.8, 4) is 62.1 Å². The molecule has 0 amide bonds. The zero-order valence-corrected chi connectivity index (χ0v) is 29.6. The predicted octanol–water partition coefficient (Wildman–Crippen LogP) is 13.2. The third kappa shape index (κ3) is 5.29. The average Bonchev–Trinajstić information content (AvgIpc) is 3.90. The van der Waals surface area contributed by atoms with E-state index in [0.29, 0.717) is 45.2 Å². The second kappa shape index (κ2) is 13.0. The van der Waals surface area contributed by atoms with Gasteiger partial charge < -0.3 is 8.98 Å². The lowest BCUT2D eigenvalue weighted by atomic mass is 9.96. The number of hydrogen-bond donors (Lipinski definition) is 0. The van der Waals surface area contributed by atoms with Crippen molar-refractivity contribution < 1.29 is 15.4 Å². The van der Waals surface area contributed by atoms with Crippen LogP contribution in [0.1, 0.15) is 11.0 Å². The van der Waals surface area contributed by atoms with Gasteiger partial charge in [0.2, 0.25) is 0 Å². The van der Waals surface area contributed by atoms with Gasteiger partial charge in [0.25, 0.3) is 0 Å². The molecule has 0 spiro atoms. The van der Waals surface area contributed by atoms with Crippen LogP contribution in [0.2, 0.25) is 0 Å². The summed E-state index contributed by atoms with van der Waals surface area (Å²) in [5, 5.41) is 1.85. The maximum atomic E-state index is 9.39. The minimum absolute atomic E-state index is 0.0181. The molecule has 11 aromatic rings. The normalized spacial score (nSPS) is 13.6. The number of benzene rings is 8. The van der Waals surface area contributed by atoms with Crippen molar-refractivity contribution in [2.75, 3.05) is 0 Å². The van der Waals surface area contributed by atoms with Crippen molar-refractivity contribution in [2.45, 2.75) is 0 Å². The Morgan fingerprint density at radius 3 is 1.66 bits per heavy atom. The van der Waals surface area contributed by atoms with Crippen molar-refractivity contribution in [2.24, 2.45) is 0 Å². The molecule has 0 unspecified atom stereocenters. The van der Waals surface area contributed by atoms with E-state index in [1.54, 1.807) is 4.57 Å². The predicted molar refractivity (Wildman–Crippen MR) is 229 cm³/mol. The Morgan fingerprint density at radius 1 is 0.393 bits per heavy atom. The summed E-state index contributed by atoms with van der Waals surface area (Å²) in [6.45, 7) is 0. The van der Waals surface area contributed by atoms with E-state index in [1.807, 2.05) is 146 Å². The van der Waals surface area contributed by atoms with Gasteiger partial charge in [-0.3, -0.25) is 0 Å². The van der Waals surface area contributed by atoms with Gasteiger partial charge in [0.05, 0.1) is 27.7 Å². The van der Waals surface area contributed by atoms with E-state index in [-0.39, 0.29) is 27.6 Å². The molecule has 0 aliphatic heterocycles. The number of furan rings is 1. The van der Waals surface area contributed by atoms with Crippen LogP contribution >= 0.6 is 0 Å². The molecule has 5 nitrogen and oxygen atoms in total. The van der Waals surface area contributed by atoms with Crippen LogP contribution in [-0.4, -0.2) is 19.5 Å². The van der Waals surface area contributed by atoms with Gasteiger partial charge in [-0.15, -0.1) is 0 Å². The molecule has 0 radical (unpaired) electrons. The van der Waals surface area contributed by atoms with Crippen LogP contribution in [-0.2, 0) is 0 Å². The molecule has 3 heterocycles. The zero-order chi connectivity index (χ0) is 44.0. The lowest BCUT2D eigenvalue weighted by Crippen LogP contribution is -2.05. The highest BCUT2D eigenvalue weighted by Gasteiger charge is 2.23. The smallest absolute Gasteiger partial charge is 0.166 e. The largest absolute Gasteiger partial charge is 0.456 e. The van der Waals surface area contributed by atoms with Gasteiger partial charge in [-0.25, -0.2) is 15.0 Å². The highest BCUT2D eigenvalue weighted by molar-refractivity contribution is 6.10. The standard InChI is InChI=1S/C51H32N4O/c1-3-14-33(15-4-1)34-26-28-35(29-27-34)38-21-13-22-43(48(38)55-44-23-10-7-18-39(44)40-19-8-11-24-45(40)55)51-53-49(36-16-5-2-6-17-36)52-50(54-51)37-30-31-42-41-20-9-12-25-46(41)56-47(42)32-37/h1-32H/i7D,8D,10D,11D,18D,19D,23D,24D. The number of fused-ring (bicyclic) bond motifs is 6. The Bertz CT molecular complexity index is 3630. The summed E-state index contributed by atoms with van der Waals surface area (Å²) < 4.78 is 80.0. The van der Waals surface area contributed by atoms with Crippen molar-refractivity contribution in [3.05, 3.63) is 194 Å². The van der Waals surface area contributed by atoms with Crippen LogP contribution in [0, 0.1) is 0 Å². The van der Waals surface area contributed by atoms with Crippen LogP contribution in [0.25, 0.3) is 106 Å². The van der Waals surface area contributed by atoms with Gasteiger partial charge in [-0.05, 0) is 53.0 Å². The fourth-order valence-electron chi connectivity index (χ4n) is 7.52. The van der Waals surface area contributed by atoms with Crippen molar-refractivity contribution in [1.29, 1.82) is 0 Å². The van der Waals surface area contributed by atoms with Gasteiger partial charge in [0.1, 0.15) is 11.2 Å². The average molecular weight is 725 g/mol. The summed E-state index contributed by atoms with van der Waals surface area (Å²) in [5.74, 6) is 0.906. The third-order valence-corrected chi connectivity index (χ3v) is 10.1. The minimum Gasteiger partial charge on any atom is -0.456 e. The van der Waals surface area contributed by atoms with E-state index >= 15 is 0 Å². The lowest BCUT2D eigenvalue weighted by Gasteiger charge is -2.19. The van der Waals surface area contributed by atoms with Gasteiger partial charge in [0, 0.05) is 43.8 Å². The maximum Gasteiger partial charge on any atom is 0.166 e. The molecule has 0 saturated carbocycles. The Hall–Kier alpha value is -7.63. The van der Waals surface area contributed by atoms with Gasteiger partial charge in [-0.2, -0.15) is 0 Å². The zero-order valence-electron chi connectivity index (χ0n) is 37.6. The van der Waals surface area contributed by atoms with Crippen LogP contribution in [0.5, 0.6) is 0 Å². The van der Waals surface area contributed by atoms with E-state index in [9.17, 15) is 2.74 Å². The molecule has 0 fully saturated rings. The first-order valence-corrected chi connectivity index (χ1v) is 18.1. The minimum atomic E-state index is -0.523. The molecule has 5 heteroatoms. The molecule has 0 atom stereocenters. The fraction of sp³-hybridized carbons (Fsp3) is 0. The molecular weight excluding hydrogens is 685 g/mol. The summed E-state index contributed by atoms with van der Waals surface area (Å²) in [5.41, 5.74) is 6.78. The molecule has 0 saturated heterocycles. The first-order valence-electron chi connectivity index (χ1n) is 22.1. The van der Waals surface area contributed by atoms with E-state index < -0.39 is 48.3 Å². The van der Waals surface area contributed by atoms with Gasteiger partial charge in [-0.1, -0.05) is 158 Å². The van der Waals surface area contributed by atoms with Crippen molar-refractivity contribution >= 4 is 43.7 Å². The Labute approximate surface area is 334 Å². The third-order valence-electron chi connectivity index (χ3n) is 10.1. The van der Waals surface area contributed by atoms with Crippen LogP contribution in [0.3, 0.4) is 0 Å². The second-order valence-corrected chi connectivity index (χ2v) is 13.4. The summed E-state index contributed by atoms with van der Waals surface area (Å²) in [4.78, 5) is 15.2. The molecule has 0 aliphatic rings. The number of aromatic nitrogens is 4. The van der Waals surface area contributed by atoms with E-state index in [4.69, 9.17) is 27.6 Å². The van der Waals surface area contributed by atoms with Crippen LogP contribution in [0.4, 0.5) is 0 Å². The number of nitrogens with zero attached hydrogens (tertiary/aromatic N) is 4. The molecule has 56 heavy (non-hydrogen) atoms. The monoisotopic (exact) mass is 724 g/mol. The van der Waals surface area contributed by atoms with Gasteiger partial charge >= 0.3 is 0 Å². The number of rotatable bonds is 6. The first kappa shape index (κ1) is 24.6. The van der Waals surface area contributed by atoms with E-state index in [0.717, 1.165) is 33.0 Å². The van der Waals surface area contributed by atoms with Crippen LogP contribution < -0.4 is 0 Å². The highest BCUT2D eigenvalue weighted by Crippen LogP contribution is 2.42. The number of hydrogen-bond acceptors (Lipinski definition) is 4. The Balaban J connectivity index is 1.26. The highest BCUT2D eigenvalue weighted by atomic mass is 16.3. The maximum absolute atomic E-state index is 9.39. The second-order valence-electron chi connectivity index (χ2n) is 13.4. The summed E-state index contributed by atoms with van der Waals surface area (Å²) in [7, 11) is 0. The molecular formula is C51H32N4O. The molecule has 0 aliphatic carbocycles. The quantitative estimate of drug-likeness (QED) is 0.171. The lowest BCUT2D eigenvalue weighted by molar-refractivity contribution is 0.669. The SMILES string of the molecule is [2H]c1c([2H])c([2H])c2c(c1[2H])c1c([2H])c([2H])c([2H])c([2H])c1n2-c1c(-c2ccc(-c3ccccc3)cc2)cccc1-c1nc(-c2ccccc2)nc(-c2ccc3c(c2)oc2ccccc23)n1. The molecule has 3 aromatic heterocycles. The first-order chi connectivity index (χ1) is 31.1.